The van der Waals surface area contributed by atoms with Gasteiger partial charge in [-0.1, -0.05) is 0 Å². The second-order valence-corrected chi connectivity index (χ2v) is 5.44. The number of benzene rings is 1. The highest BCUT2D eigenvalue weighted by molar-refractivity contribution is 5.95. The van der Waals surface area contributed by atoms with Gasteiger partial charge in [0.15, 0.2) is 11.5 Å². The van der Waals surface area contributed by atoms with E-state index < -0.39 is 0 Å². The fraction of sp³-hybridized carbons (Fsp3) is 0.533. The van der Waals surface area contributed by atoms with Crippen molar-refractivity contribution in [3.8, 4) is 11.5 Å². The van der Waals surface area contributed by atoms with Gasteiger partial charge in [0, 0.05) is 17.6 Å². The molecule has 1 aromatic carbocycles. The maximum atomic E-state index is 12.2. The van der Waals surface area contributed by atoms with Crippen LogP contribution < -0.4 is 20.5 Å². The van der Waals surface area contributed by atoms with E-state index in [-0.39, 0.29) is 30.4 Å². The summed E-state index contributed by atoms with van der Waals surface area (Å²) in [4.78, 5) is 12.2. The minimum Gasteiger partial charge on any atom is -0.486 e. The van der Waals surface area contributed by atoms with Crippen LogP contribution in [-0.2, 0) is 0 Å². The smallest absolute Gasteiger partial charge is 0.251 e. The molecule has 21 heavy (non-hydrogen) atoms. The molecule has 3 rings (SSSR count). The number of halogens is 1. The zero-order chi connectivity index (χ0) is 13.9. The Kier molecular flexibility index (Phi) is 5.31. The third-order valence-electron chi connectivity index (χ3n) is 3.91. The van der Waals surface area contributed by atoms with Gasteiger partial charge in [0.05, 0.1) is 0 Å². The first-order valence-corrected chi connectivity index (χ1v) is 7.18. The number of carbonyl (C=O) groups excluding carboxylic acids is 1. The number of ether oxygens (including phenoxy) is 2. The minimum atomic E-state index is -0.0533. The number of rotatable bonds is 2. The summed E-state index contributed by atoms with van der Waals surface area (Å²) in [5.41, 5.74) is 6.49. The molecule has 5 nitrogen and oxygen atoms in total. The number of nitrogens with two attached hydrogens (primary N) is 1. The summed E-state index contributed by atoms with van der Waals surface area (Å²) in [6.07, 6.45) is 3.87. The highest BCUT2D eigenvalue weighted by Gasteiger charge is 2.21. The van der Waals surface area contributed by atoms with E-state index in [9.17, 15) is 4.79 Å². The standard InChI is InChI=1S/C15H20N2O3.ClH/c16-11-2-4-12(5-3-11)17-15(18)10-1-6-13-14(9-10)20-8-7-19-13;/h1,6,9,11-12H,2-5,7-8,16H2,(H,17,18);1H. The summed E-state index contributed by atoms with van der Waals surface area (Å²) in [5.74, 6) is 1.30. The lowest BCUT2D eigenvalue weighted by atomic mass is 9.91. The van der Waals surface area contributed by atoms with Crippen molar-refractivity contribution in [2.45, 2.75) is 37.8 Å². The Labute approximate surface area is 130 Å². The van der Waals surface area contributed by atoms with Crippen LogP contribution in [0.2, 0.25) is 0 Å². The van der Waals surface area contributed by atoms with Gasteiger partial charge in [-0.05, 0) is 43.9 Å². The van der Waals surface area contributed by atoms with Gasteiger partial charge in [-0.2, -0.15) is 0 Å². The molecule has 116 valence electrons. The molecule has 1 aromatic rings. The van der Waals surface area contributed by atoms with Gasteiger partial charge in [-0.3, -0.25) is 4.79 Å². The molecule has 0 atom stereocenters. The van der Waals surface area contributed by atoms with E-state index in [1.165, 1.54) is 0 Å². The third kappa shape index (κ3) is 3.80. The molecule has 1 fully saturated rings. The van der Waals surface area contributed by atoms with Crippen molar-refractivity contribution in [3.63, 3.8) is 0 Å². The Hall–Kier alpha value is -1.46. The van der Waals surface area contributed by atoms with Crippen molar-refractivity contribution in [1.82, 2.24) is 5.32 Å². The average molecular weight is 313 g/mol. The van der Waals surface area contributed by atoms with E-state index in [4.69, 9.17) is 15.2 Å². The maximum Gasteiger partial charge on any atom is 0.251 e. The van der Waals surface area contributed by atoms with Crippen LogP contribution in [0.1, 0.15) is 36.0 Å². The lowest BCUT2D eigenvalue weighted by Crippen LogP contribution is -2.40. The molecule has 0 saturated heterocycles. The highest BCUT2D eigenvalue weighted by atomic mass is 35.5. The Morgan fingerprint density at radius 2 is 1.76 bits per heavy atom. The zero-order valence-electron chi connectivity index (χ0n) is 11.8. The van der Waals surface area contributed by atoms with Gasteiger partial charge >= 0.3 is 0 Å². The van der Waals surface area contributed by atoms with E-state index in [0.717, 1.165) is 25.7 Å². The van der Waals surface area contributed by atoms with E-state index in [1.807, 2.05) is 0 Å². The van der Waals surface area contributed by atoms with Crippen LogP contribution in [0.25, 0.3) is 0 Å². The van der Waals surface area contributed by atoms with Crippen molar-refractivity contribution in [3.05, 3.63) is 23.8 Å². The summed E-state index contributed by atoms with van der Waals surface area (Å²) < 4.78 is 10.9. The van der Waals surface area contributed by atoms with Gasteiger partial charge < -0.3 is 20.5 Å². The zero-order valence-corrected chi connectivity index (χ0v) is 12.7. The molecule has 1 heterocycles. The maximum absolute atomic E-state index is 12.2. The van der Waals surface area contributed by atoms with Crippen molar-refractivity contribution in [2.75, 3.05) is 13.2 Å². The van der Waals surface area contributed by atoms with Gasteiger partial charge in [-0.25, -0.2) is 0 Å². The van der Waals surface area contributed by atoms with E-state index >= 15 is 0 Å². The topological polar surface area (TPSA) is 73.6 Å². The fourth-order valence-electron chi connectivity index (χ4n) is 2.72. The Bertz CT molecular complexity index is 502. The summed E-state index contributed by atoms with van der Waals surface area (Å²) in [6, 6.07) is 5.84. The quantitative estimate of drug-likeness (QED) is 0.874. The van der Waals surface area contributed by atoms with Crippen LogP contribution in [0.4, 0.5) is 0 Å². The minimum absolute atomic E-state index is 0. The Morgan fingerprint density at radius 3 is 2.48 bits per heavy atom. The second-order valence-electron chi connectivity index (χ2n) is 5.44. The first kappa shape index (κ1) is 15.9. The molecule has 0 spiro atoms. The summed E-state index contributed by atoms with van der Waals surface area (Å²) >= 11 is 0. The molecule has 3 N–H and O–H groups in total. The molecule has 6 heteroatoms. The average Bonchev–Trinajstić information content (AvgIpc) is 2.49. The summed E-state index contributed by atoms with van der Waals surface area (Å²) in [6.45, 7) is 1.08. The molecule has 0 unspecified atom stereocenters. The monoisotopic (exact) mass is 312 g/mol. The first-order valence-electron chi connectivity index (χ1n) is 7.18. The van der Waals surface area contributed by atoms with Crippen molar-refractivity contribution >= 4 is 18.3 Å². The van der Waals surface area contributed by atoms with Gasteiger partial charge in [-0.15, -0.1) is 12.4 Å². The van der Waals surface area contributed by atoms with Crippen LogP contribution in [0.15, 0.2) is 18.2 Å². The molecule has 1 amide bonds. The van der Waals surface area contributed by atoms with Crippen LogP contribution in [0.5, 0.6) is 11.5 Å². The molecule has 1 saturated carbocycles. The van der Waals surface area contributed by atoms with Gasteiger partial charge in [0.25, 0.3) is 5.91 Å². The van der Waals surface area contributed by atoms with Crippen LogP contribution in [0.3, 0.4) is 0 Å². The number of fused-ring (bicyclic) bond motifs is 1. The molecular weight excluding hydrogens is 292 g/mol. The summed E-state index contributed by atoms with van der Waals surface area (Å²) in [5, 5.41) is 3.07. The lowest BCUT2D eigenvalue weighted by Gasteiger charge is -2.27. The predicted molar refractivity (Wildman–Crippen MR) is 82.4 cm³/mol. The molecule has 0 aromatic heterocycles. The van der Waals surface area contributed by atoms with Crippen LogP contribution in [-0.4, -0.2) is 31.2 Å². The predicted octanol–water partition coefficient (Wildman–Crippen LogP) is 1.88. The summed E-state index contributed by atoms with van der Waals surface area (Å²) in [7, 11) is 0. The van der Waals surface area contributed by atoms with E-state index in [0.29, 0.717) is 30.3 Å². The third-order valence-corrected chi connectivity index (χ3v) is 3.91. The Morgan fingerprint density at radius 1 is 1.10 bits per heavy atom. The molecule has 0 bridgehead atoms. The van der Waals surface area contributed by atoms with Gasteiger partial charge in [0.1, 0.15) is 13.2 Å². The first-order chi connectivity index (χ1) is 9.72. The van der Waals surface area contributed by atoms with Crippen molar-refractivity contribution < 1.29 is 14.3 Å². The van der Waals surface area contributed by atoms with Crippen LogP contribution >= 0.6 is 12.4 Å². The van der Waals surface area contributed by atoms with E-state index in [2.05, 4.69) is 5.32 Å². The largest absolute Gasteiger partial charge is 0.486 e. The SMILES string of the molecule is Cl.NC1CCC(NC(=O)c2ccc3c(c2)OCCO3)CC1. The number of carbonyl (C=O) groups is 1. The normalized spacial score (nSPS) is 23.9. The number of nitrogens with one attached hydrogen (secondary N) is 1. The number of hydrogen-bond acceptors (Lipinski definition) is 4. The molecule has 1 aliphatic carbocycles. The molecule has 0 radical (unpaired) electrons. The van der Waals surface area contributed by atoms with Crippen molar-refractivity contribution in [1.29, 1.82) is 0 Å². The fourth-order valence-corrected chi connectivity index (χ4v) is 2.72. The second kappa shape index (κ2) is 7.00. The van der Waals surface area contributed by atoms with E-state index in [1.54, 1.807) is 18.2 Å². The number of hydrogen-bond donors (Lipinski definition) is 2. The lowest BCUT2D eigenvalue weighted by molar-refractivity contribution is 0.0924. The van der Waals surface area contributed by atoms with Crippen LogP contribution in [0, 0.1) is 0 Å². The number of amides is 1. The highest BCUT2D eigenvalue weighted by Crippen LogP contribution is 2.30. The molecule has 1 aliphatic heterocycles. The van der Waals surface area contributed by atoms with Gasteiger partial charge in [0.2, 0.25) is 0 Å². The Balaban J connectivity index is 0.00000161. The molecular formula is C15H21ClN2O3. The van der Waals surface area contributed by atoms with Crippen molar-refractivity contribution in [2.24, 2.45) is 5.73 Å². The molecule has 2 aliphatic rings.